The normalized spacial score (nSPS) is 17.2. The van der Waals surface area contributed by atoms with Crippen LogP contribution in [0.5, 0.6) is 0 Å². The van der Waals surface area contributed by atoms with Crippen LogP contribution < -0.4 is 10.6 Å². The summed E-state index contributed by atoms with van der Waals surface area (Å²) >= 11 is 0. The Balaban J connectivity index is 2.30. The summed E-state index contributed by atoms with van der Waals surface area (Å²) in [5, 5.41) is 27.9. The van der Waals surface area contributed by atoms with E-state index >= 15 is 0 Å². The third-order valence-electron chi connectivity index (χ3n) is 9.47. The summed E-state index contributed by atoms with van der Waals surface area (Å²) in [6, 6.07) is 7.43. The first-order valence-corrected chi connectivity index (χ1v) is 17.4. The van der Waals surface area contributed by atoms with Gasteiger partial charge in [-0.25, -0.2) is 4.39 Å². The SMILES string of the molecule is C#CCCCC(O)C(O)C(CC1CCCCC1)NC(=O)[C@@H](NC(=O)C(CC(=O)N(C)CCN(C)CF)Cc1ccccc1)C(C#C)CC. The van der Waals surface area contributed by atoms with Crippen LogP contribution in [0.4, 0.5) is 4.39 Å². The minimum Gasteiger partial charge on any atom is -0.390 e. The average molecular weight is 669 g/mol. The van der Waals surface area contributed by atoms with Crippen molar-refractivity contribution in [3.05, 3.63) is 35.9 Å². The zero-order valence-corrected chi connectivity index (χ0v) is 29.1. The Morgan fingerprint density at radius 2 is 1.71 bits per heavy atom. The van der Waals surface area contributed by atoms with E-state index in [1.54, 1.807) is 14.1 Å². The van der Waals surface area contributed by atoms with Gasteiger partial charge in [0, 0.05) is 38.9 Å². The van der Waals surface area contributed by atoms with Crippen LogP contribution in [0.15, 0.2) is 30.3 Å². The van der Waals surface area contributed by atoms with Gasteiger partial charge in [0.05, 0.1) is 24.2 Å². The number of aliphatic hydroxyl groups is 2. The molecular weight excluding hydrogens is 611 g/mol. The lowest BCUT2D eigenvalue weighted by molar-refractivity contribution is -0.137. The Hall–Kier alpha value is -3.44. The van der Waals surface area contributed by atoms with Gasteiger partial charge in [0.2, 0.25) is 17.7 Å². The Bertz CT molecular complexity index is 1200. The highest BCUT2D eigenvalue weighted by Gasteiger charge is 2.36. The number of aliphatic hydroxyl groups excluding tert-OH is 2. The van der Waals surface area contributed by atoms with Gasteiger partial charge < -0.3 is 25.7 Å². The van der Waals surface area contributed by atoms with Crippen molar-refractivity contribution in [2.45, 2.75) is 108 Å². The van der Waals surface area contributed by atoms with Crippen molar-refractivity contribution in [3.63, 3.8) is 0 Å². The third-order valence-corrected chi connectivity index (χ3v) is 9.47. The molecule has 0 bridgehead atoms. The number of likely N-dealkylation sites (N-methyl/N-ethyl adjacent to an activating group) is 2. The summed E-state index contributed by atoms with van der Waals surface area (Å²) in [4.78, 5) is 44.1. The van der Waals surface area contributed by atoms with Crippen molar-refractivity contribution in [1.82, 2.24) is 20.4 Å². The van der Waals surface area contributed by atoms with Crippen molar-refractivity contribution >= 4 is 17.7 Å². The van der Waals surface area contributed by atoms with Gasteiger partial charge in [0.25, 0.3) is 0 Å². The molecule has 0 aliphatic heterocycles. The Labute approximate surface area is 287 Å². The van der Waals surface area contributed by atoms with Crippen LogP contribution in [0, 0.1) is 42.4 Å². The number of hydrogen-bond acceptors (Lipinski definition) is 6. The zero-order chi connectivity index (χ0) is 35.5. The Morgan fingerprint density at radius 3 is 2.31 bits per heavy atom. The maximum absolute atomic E-state index is 14.0. The molecule has 0 aromatic heterocycles. The van der Waals surface area contributed by atoms with Crippen LogP contribution in [0.25, 0.3) is 0 Å². The van der Waals surface area contributed by atoms with Crippen molar-refractivity contribution in [2.75, 3.05) is 34.0 Å². The highest BCUT2D eigenvalue weighted by Crippen LogP contribution is 2.29. The molecule has 2 rings (SSSR count). The van der Waals surface area contributed by atoms with E-state index in [0.29, 0.717) is 32.2 Å². The summed E-state index contributed by atoms with van der Waals surface area (Å²) < 4.78 is 12.9. The molecule has 0 heterocycles. The van der Waals surface area contributed by atoms with E-state index in [1.165, 1.54) is 9.80 Å². The lowest BCUT2D eigenvalue weighted by Crippen LogP contribution is -2.57. The summed E-state index contributed by atoms with van der Waals surface area (Å²) in [7, 11) is 3.23. The largest absolute Gasteiger partial charge is 0.390 e. The predicted molar refractivity (Wildman–Crippen MR) is 187 cm³/mol. The highest BCUT2D eigenvalue weighted by atomic mass is 19.1. The first-order valence-electron chi connectivity index (χ1n) is 17.4. The third kappa shape index (κ3) is 14.0. The molecule has 5 unspecified atom stereocenters. The lowest BCUT2D eigenvalue weighted by atomic mass is 9.82. The fraction of sp³-hybridized carbons (Fsp3) is 0.658. The minimum atomic E-state index is -1.23. The van der Waals surface area contributed by atoms with Crippen LogP contribution in [-0.4, -0.2) is 96.0 Å². The Morgan fingerprint density at radius 1 is 1.02 bits per heavy atom. The number of hydrogen-bond donors (Lipinski definition) is 4. The van der Waals surface area contributed by atoms with E-state index in [1.807, 2.05) is 37.3 Å². The fourth-order valence-corrected chi connectivity index (χ4v) is 6.29. The van der Waals surface area contributed by atoms with Gasteiger partial charge in [0.1, 0.15) is 12.8 Å². The van der Waals surface area contributed by atoms with E-state index in [-0.39, 0.29) is 37.6 Å². The van der Waals surface area contributed by atoms with Gasteiger partial charge in [0.15, 0.2) is 0 Å². The fourth-order valence-electron chi connectivity index (χ4n) is 6.29. The monoisotopic (exact) mass is 668 g/mol. The standard InChI is InChI=1S/C38H57FN4O5/c1-6-9-12-21-33(44)36(46)32(25-29-19-15-11-16-20-29)40-38(48)35(30(7-2)8-3)41-37(47)31(24-28-17-13-10-14-18-28)26-34(45)43(5)23-22-42(4)27-39/h1-2,10,13-14,17-18,29-33,35-36,44,46H,8-9,11-12,15-16,19-27H2,3-5H3,(H,40,48)(H,41,47)/t30?,31?,32?,33?,35-,36?/m0/s1. The van der Waals surface area contributed by atoms with E-state index in [9.17, 15) is 29.0 Å². The molecule has 1 aliphatic rings. The molecule has 10 heteroatoms. The number of unbranched alkanes of at least 4 members (excludes halogenated alkanes) is 1. The molecule has 1 aliphatic carbocycles. The second kappa shape index (κ2) is 22.2. The quantitative estimate of drug-likeness (QED) is 0.0902. The van der Waals surface area contributed by atoms with Crippen LogP contribution >= 0.6 is 0 Å². The van der Waals surface area contributed by atoms with E-state index in [4.69, 9.17) is 12.8 Å². The maximum atomic E-state index is 14.0. The number of halogens is 1. The van der Waals surface area contributed by atoms with Crippen molar-refractivity contribution in [2.24, 2.45) is 17.8 Å². The van der Waals surface area contributed by atoms with Gasteiger partial charge in [-0.3, -0.25) is 19.3 Å². The van der Waals surface area contributed by atoms with Gasteiger partial charge in [-0.2, -0.15) is 0 Å². The molecule has 0 spiro atoms. The molecule has 1 fully saturated rings. The summed E-state index contributed by atoms with van der Waals surface area (Å²) in [5.41, 5.74) is 0.852. The van der Waals surface area contributed by atoms with Gasteiger partial charge in [-0.15, -0.1) is 24.7 Å². The highest BCUT2D eigenvalue weighted by molar-refractivity contribution is 5.91. The van der Waals surface area contributed by atoms with Gasteiger partial charge in [-0.1, -0.05) is 69.4 Å². The number of rotatable bonds is 21. The summed E-state index contributed by atoms with van der Waals surface area (Å²) in [6.45, 7) is 1.82. The second-order valence-electron chi connectivity index (χ2n) is 13.3. The van der Waals surface area contributed by atoms with E-state index in [2.05, 4.69) is 22.5 Å². The molecule has 1 aromatic rings. The molecule has 0 saturated heterocycles. The molecule has 1 saturated carbocycles. The summed E-state index contributed by atoms with van der Waals surface area (Å²) in [5.74, 6) is 2.68. The van der Waals surface area contributed by atoms with Crippen molar-refractivity contribution in [1.29, 1.82) is 0 Å². The maximum Gasteiger partial charge on any atom is 0.244 e. The molecule has 1 aromatic carbocycles. The number of carbonyl (C=O) groups excluding carboxylic acids is 3. The van der Waals surface area contributed by atoms with Crippen LogP contribution in [-0.2, 0) is 20.8 Å². The number of terminal acetylenes is 2. The number of nitrogens with one attached hydrogen (secondary N) is 2. The first-order chi connectivity index (χ1) is 23.0. The van der Waals surface area contributed by atoms with Gasteiger partial charge >= 0.3 is 0 Å². The van der Waals surface area contributed by atoms with Crippen LogP contribution in [0.1, 0.15) is 83.1 Å². The predicted octanol–water partition coefficient (Wildman–Crippen LogP) is 3.68. The van der Waals surface area contributed by atoms with E-state index < -0.39 is 54.7 Å². The molecule has 48 heavy (non-hydrogen) atoms. The number of alkyl halides is 1. The molecule has 3 amide bonds. The minimum absolute atomic E-state index is 0.120. The number of amides is 3. The van der Waals surface area contributed by atoms with Crippen molar-refractivity contribution < 1.29 is 29.0 Å². The number of carbonyl (C=O) groups is 3. The molecule has 9 nitrogen and oxygen atoms in total. The summed E-state index contributed by atoms with van der Waals surface area (Å²) in [6.07, 6.45) is 16.5. The van der Waals surface area contributed by atoms with Gasteiger partial charge in [-0.05, 0) is 50.6 Å². The smallest absolute Gasteiger partial charge is 0.244 e. The lowest BCUT2D eigenvalue weighted by Gasteiger charge is -2.34. The first kappa shape index (κ1) is 40.7. The topological polar surface area (TPSA) is 122 Å². The number of nitrogens with zero attached hydrogens (tertiary/aromatic N) is 2. The van der Waals surface area contributed by atoms with Crippen LogP contribution in [0.2, 0.25) is 0 Å². The average Bonchev–Trinajstić information content (AvgIpc) is 3.10. The second-order valence-corrected chi connectivity index (χ2v) is 13.3. The molecule has 0 radical (unpaired) electrons. The molecule has 266 valence electrons. The zero-order valence-electron chi connectivity index (χ0n) is 29.1. The van der Waals surface area contributed by atoms with Crippen LogP contribution in [0.3, 0.4) is 0 Å². The van der Waals surface area contributed by atoms with Crippen molar-refractivity contribution in [3.8, 4) is 24.7 Å². The molecule has 6 atom stereocenters. The molecular formula is C38H57FN4O5. The number of benzene rings is 1. The van der Waals surface area contributed by atoms with E-state index in [0.717, 1.165) is 37.7 Å². The Kier molecular flexibility index (Phi) is 18.9. The molecule has 4 N–H and O–H groups in total.